The lowest BCUT2D eigenvalue weighted by Gasteiger charge is -2.53. The molecular formula is C31H43N3O5. The topological polar surface area (TPSA) is 88.2 Å². The molecule has 1 saturated heterocycles. The Morgan fingerprint density at radius 3 is 2.26 bits per heavy atom. The highest BCUT2D eigenvalue weighted by Gasteiger charge is 2.63. The fourth-order valence-electron chi connectivity index (χ4n) is 5.02. The van der Waals surface area contributed by atoms with E-state index in [-0.39, 0.29) is 11.9 Å². The number of hydrogen-bond donors (Lipinski definition) is 1. The summed E-state index contributed by atoms with van der Waals surface area (Å²) in [6.07, 6.45) is 2.64. The summed E-state index contributed by atoms with van der Waals surface area (Å²) in [6.45, 7) is 10.3. The number of β-lactam (4-membered cyclic amide) rings is 1. The van der Waals surface area contributed by atoms with E-state index in [1.54, 1.807) is 18.2 Å². The van der Waals surface area contributed by atoms with E-state index in [9.17, 15) is 14.4 Å². The third-order valence-electron chi connectivity index (χ3n) is 7.54. The van der Waals surface area contributed by atoms with Crippen molar-refractivity contribution < 1.29 is 23.9 Å². The number of imide groups is 1. The molecule has 0 saturated carbocycles. The number of benzene rings is 2. The van der Waals surface area contributed by atoms with Crippen molar-refractivity contribution in [3.8, 4) is 5.75 Å². The van der Waals surface area contributed by atoms with Crippen molar-refractivity contribution in [1.29, 1.82) is 0 Å². The number of anilines is 1. The van der Waals surface area contributed by atoms with Gasteiger partial charge in [0.05, 0.1) is 23.9 Å². The fourth-order valence-corrected chi connectivity index (χ4v) is 5.02. The van der Waals surface area contributed by atoms with Crippen LogP contribution in [0.25, 0.3) is 0 Å². The van der Waals surface area contributed by atoms with Crippen molar-refractivity contribution in [2.24, 2.45) is 5.41 Å². The first-order valence-corrected chi connectivity index (χ1v) is 14.0. The lowest BCUT2D eigenvalue weighted by Crippen LogP contribution is -2.73. The van der Waals surface area contributed by atoms with Gasteiger partial charge in [0.2, 0.25) is 5.91 Å². The second-order valence-electron chi connectivity index (χ2n) is 10.4. The summed E-state index contributed by atoms with van der Waals surface area (Å²) in [6, 6.07) is 12.5. The van der Waals surface area contributed by atoms with Gasteiger partial charge in [0, 0.05) is 14.1 Å². The number of carbonyl (C=O) groups excluding carboxylic acids is 3. The Labute approximate surface area is 232 Å². The predicted octanol–water partition coefficient (Wildman–Crippen LogP) is 6.23. The van der Waals surface area contributed by atoms with E-state index in [4.69, 9.17) is 9.47 Å². The van der Waals surface area contributed by atoms with Crippen LogP contribution < -0.4 is 15.0 Å². The van der Waals surface area contributed by atoms with Gasteiger partial charge in [-0.15, -0.1) is 0 Å². The van der Waals surface area contributed by atoms with Gasteiger partial charge in [-0.05, 0) is 56.4 Å². The summed E-state index contributed by atoms with van der Waals surface area (Å²) in [5.74, 6) is -0.154. The van der Waals surface area contributed by atoms with E-state index in [0.29, 0.717) is 36.4 Å². The lowest BCUT2D eigenvalue weighted by molar-refractivity contribution is -0.190. The van der Waals surface area contributed by atoms with Crippen LogP contribution in [0.4, 0.5) is 10.5 Å². The molecule has 1 N–H and O–H groups in total. The third-order valence-corrected chi connectivity index (χ3v) is 7.54. The molecule has 0 bridgehead atoms. The van der Waals surface area contributed by atoms with E-state index in [0.717, 1.165) is 30.4 Å². The Morgan fingerprint density at radius 2 is 1.69 bits per heavy atom. The summed E-state index contributed by atoms with van der Waals surface area (Å²) >= 11 is 0. The van der Waals surface area contributed by atoms with E-state index >= 15 is 0 Å². The maximum Gasteiger partial charge on any atom is 0.338 e. The first-order valence-electron chi connectivity index (χ1n) is 14.0. The lowest BCUT2D eigenvalue weighted by atomic mass is 9.72. The van der Waals surface area contributed by atoms with Crippen LogP contribution in [-0.2, 0) is 9.53 Å². The molecule has 1 aliphatic heterocycles. The summed E-state index contributed by atoms with van der Waals surface area (Å²) in [4.78, 5) is 42.6. The van der Waals surface area contributed by atoms with Gasteiger partial charge in [-0.2, -0.15) is 0 Å². The quantitative estimate of drug-likeness (QED) is 0.255. The van der Waals surface area contributed by atoms with Gasteiger partial charge in [-0.3, -0.25) is 4.79 Å². The van der Waals surface area contributed by atoms with Crippen LogP contribution in [0, 0.1) is 12.3 Å². The minimum atomic E-state index is -0.816. The van der Waals surface area contributed by atoms with Gasteiger partial charge in [0.15, 0.2) is 6.23 Å². The van der Waals surface area contributed by atoms with E-state index in [1.165, 1.54) is 4.90 Å². The summed E-state index contributed by atoms with van der Waals surface area (Å²) in [5, 5.41) is 3.08. The van der Waals surface area contributed by atoms with E-state index in [1.807, 2.05) is 71.0 Å². The zero-order valence-corrected chi connectivity index (χ0v) is 24.4. The summed E-state index contributed by atoms with van der Waals surface area (Å²) in [5.41, 5.74) is 2.40. The smallest absolute Gasteiger partial charge is 0.338 e. The third kappa shape index (κ3) is 6.21. The van der Waals surface area contributed by atoms with E-state index in [2.05, 4.69) is 12.2 Å². The van der Waals surface area contributed by atoms with Crippen molar-refractivity contribution in [3.05, 3.63) is 59.2 Å². The molecule has 3 amide bonds. The largest absolute Gasteiger partial charge is 0.467 e. The molecular weight excluding hydrogens is 494 g/mol. The summed E-state index contributed by atoms with van der Waals surface area (Å²) < 4.78 is 11.8. The number of ether oxygens (including phenoxy) is 2. The first-order chi connectivity index (χ1) is 18.6. The molecule has 0 aliphatic carbocycles. The van der Waals surface area contributed by atoms with E-state index < -0.39 is 23.6 Å². The van der Waals surface area contributed by atoms with Crippen LogP contribution in [0.2, 0.25) is 0 Å². The van der Waals surface area contributed by atoms with Crippen LogP contribution >= 0.6 is 0 Å². The van der Waals surface area contributed by atoms with Crippen LogP contribution in [0.15, 0.2) is 42.5 Å². The molecule has 0 spiro atoms. The maximum absolute atomic E-state index is 13.6. The Bertz CT molecular complexity index is 1160. The zero-order chi connectivity index (χ0) is 28.7. The second kappa shape index (κ2) is 13.0. The van der Waals surface area contributed by atoms with Crippen molar-refractivity contribution in [3.63, 3.8) is 0 Å². The molecule has 8 heteroatoms. The Kier molecular flexibility index (Phi) is 10.0. The normalized spacial score (nSPS) is 16.7. The molecule has 1 aliphatic rings. The zero-order valence-electron chi connectivity index (χ0n) is 24.4. The van der Waals surface area contributed by atoms with Crippen LogP contribution in [0.3, 0.4) is 0 Å². The maximum atomic E-state index is 13.6. The highest BCUT2D eigenvalue weighted by atomic mass is 16.5. The molecule has 2 aromatic carbocycles. The van der Waals surface area contributed by atoms with Gasteiger partial charge in [0.1, 0.15) is 11.2 Å². The number of aryl methyl sites for hydroxylation is 1. The number of urea groups is 1. The Balaban J connectivity index is 1.91. The SMILES string of the molecule is CCCOC(=O)c1ccc(O[C@@H]2N(C(=O)N[C@@H](CCC)c3ccc(C)cc3)C(=O)C2(CC)CC)c(N(C)C)c1. The standard InChI is InChI=1S/C31H43N3O5/c1-8-12-24(22-15-13-21(5)14-16-22)32-30(37)34-28(36)31(10-3,11-4)29(34)39-26-18-17-23(20-25(26)33(6)7)27(35)38-19-9-2/h13-18,20,24,29H,8-12,19H2,1-7H3,(H,32,37)/t24-,29-/m0/s1. The second-order valence-corrected chi connectivity index (χ2v) is 10.4. The average Bonchev–Trinajstić information content (AvgIpc) is 2.92. The molecule has 0 radical (unpaired) electrons. The number of rotatable bonds is 12. The first kappa shape index (κ1) is 30.0. The van der Waals surface area contributed by atoms with Gasteiger partial charge >= 0.3 is 12.0 Å². The minimum Gasteiger partial charge on any atom is -0.467 e. The predicted molar refractivity (Wildman–Crippen MR) is 153 cm³/mol. The van der Waals surface area contributed by atoms with Crippen molar-refractivity contribution in [1.82, 2.24) is 10.2 Å². The number of amides is 3. The summed E-state index contributed by atoms with van der Waals surface area (Å²) in [7, 11) is 3.70. The number of esters is 1. The number of hydrogen-bond acceptors (Lipinski definition) is 6. The number of nitrogens with zero attached hydrogens (tertiary/aromatic N) is 2. The van der Waals surface area contributed by atoms with Crippen LogP contribution in [0.5, 0.6) is 5.75 Å². The van der Waals surface area contributed by atoms with Gasteiger partial charge in [0.25, 0.3) is 0 Å². The van der Waals surface area contributed by atoms with Gasteiger partial charge in [-0.1, -0.05) is 63.9 Å². The molecule has 0 unspecified atom stereocenters. The van der Waals surface area contributed by atoms with Gasteiger partial charge < -0.3 is 19.7 Å². The van der Waals surface area contributed by atoms with Crippen LogP contribution in [0.1, 0.15) is 87.3 Å². The highest BCUT2D eigenvalue weighted by molar-refractivity contribution is 6.03. The molecule has 0 aromatic heterocycles. The monoisotopic (exact) mass is 537 g/mol. The molecule has 2 aromatic rings. The molecule has 212 valence electrons. The molecule has 1 heterocycles. The molecule has 3 rings (SSSR count). The molecule has 1 fully saturated rings. The minimum absolute atomic E-state index is 0.222. The van der Waals surface area contributed by atoms with Crippen molar-refractivity contribution >= 4 is 23.6 Å². The molecule has 2 atom stereocenters. The number of likely N-dealkylation sites (tertiary alicyclic amines) is 1. The average molecular weight is 538 g/mol. The molecule has 39 heavy (non-hydrogen) atoms. The number of nitrogens with one attached hydrogen (secondary N) is 1. The van der Waals surface area contributed by atoms with Crippen molar-refractivity contribution in [2.75, 3.05) is 25.6 Å². The van der Waals surface area contributed by atoms with Crippen molar-refractivity contribution in [2.45, 2.75) is 79.0 Å². The number of carbonyl (C=O) groups is 3. The highest BCUT2D eigenvalue weighted by Crippen LogP contribution is 2.47. The van der Waals surface area contributed by atoms with Gasteiger partial charge in [-0.25, -0.2) is 14.5 Å². The fraction of sp³-hybridized carbons (Fsp3) is 0.516. The Hall–Kier alpha value is -3.55. The van der Waals surface area contributed by atoms with Crippen LogP contribution in [-0.4, -0.2) is 49.7 Å². The Morgan fingerprint density at radius 1 is 1.03 bits per heavy atom. The molecule has 8 nitrogen and oxygen atoms in total.